The molecule has 4 atom stereocenters. The van der Waals surface area contributed by atoms with Crippen LogP contribution in [0.15, 0.2) is 115 Å². The number of ether oxygens (including phenoxy) is 10. The van der Waals surface area contributed by atoms with Gasteiger partial charge in [0.2, 0.25) is 23.6 Å². The summed E-state index contributed by atoms with van der Waals surface area (Å²) in [6, 6.07) is 24.1. The number of fused-ring (bicyclic) bond motifs is 4. The van der Waals surface area contributed by atoms with Gasteiger partial charge in [0.15, 0.2) is 23.1 Å². The number of rotatable bonds is 38. The SMILES string of the molecule is CC(C)Oc1cc2c(-c3cc(N4CCN(CCOCCOCCOCCOc5ccc6c(c5)C(=O)N(C5CCC(=O)NC5=O)C6=O)[C@@H](C)C4)ncn3)n[nH]c2cc1F.CC(C)Oc1cc2c(-c3cc(N4CCN[C@@H](C)C4)ncn3)n[nH]c2cc1F.Cc1ccc(S(=O)(=O)OCCOCCOCCOCCOc2ccc3c(c2)C(=O)N(C2CCC(=O)NC2=O)C3=O)cc1.O=C(O)C(F)(F)F. The molecule has 15 rings (SSSR count). The Bertz CT molecular complexity index is 5800. The lowest BCUT2D eigenvalue weighted by atomic mass is 10.0. The van der Waals surface area contributed by atoms with Crippen molar-refractivity contribution in [1.29, 1.82) is 0 Å². The number of aryl methyl sites for hydroxylation is 1. The molecule has 4 fully saturated rings. The van der Waals surface area contributed by atoms with Crippen molar-refractivity contribution in [3.63, 3.8) is 0 Å². The standard InChI is InChI=1S/C40H47FN8O9.C28H32N2O11S.C19H23FN6O.C2HF3O2/c1-24(2)58-34-19-29-31(20-30(34)41)45-46-37(29)32-21-35(43-23-42-32)48-9-8-47(25(3)22-48)10-11-54-12-13-55-14-15-56-16-17-57-26-4-5-27-28(18-26)40(53)49(39(27)52)33-6-7-36(50)44-38(33)51;1-19-2-5-21(6-3-19)42(35,36)41-17-15-39-13-11-37-10-12-38-14-16-40-20-4-7-22-23(18-20)28(34)30(27(22)33)24-8-9-25(31)29-26(24)32;1-11(2)27-17-6-13-15(7-14(17)20)24-25-19(13)16-8-18(23-10-22-16)26-5-4-21-12(3)9-26;3-2(4,5)1(6)7/h4-5,18-21,23-25,33H,6-17,22H2,1-3H3,(H,45,46)(H,44,50,51);2-7,18,24H,8-17H2,1H3,(H,29,31,32);6-8,10-12,21H,4-5,9H2,1-3H3,(H,24,25);(H,6,7)/t25-,33?;;12-;/m0.0./s1. The van der Waals surface area contributed by atoms with Gasteiger partial charge in [-0.05, 0) is 122 Å². The van der Waals surface area contributed by atoms with Gasteiger partial charge in [0.05, 0.1) is 148 Å². The minimum atomic E-state index is -5.08. The predicted octanol–water partition coefficient (Wildman–Crippen LogP) is 7.59. The van der Waals surface area contributed by atoms with Crippen molar-refractivity contribution < 1.29 is 130 Å². The molecule has 134 heavy (non-hydrogen) atoms. The lowest BCUT2D eigenvalue weighted by molar-refractivity contribution is -0.192. The van der Waals surface area contributed by atoms with Crippen molar-refractivity contribution in [2.24, 2.45) is 0 Å². The maximum Gasteiger partial charge on any atom is 0.490 e. The first-order valence-electron chi connectivity index (χ1n) is 43.2. The molecule has 45 heteroatoms. The summed E-state index contributed by atoms with van der Waals surface area (Å²) in [7, 11) is -3.82. The van der Waals surface area contributed by atoms with Crippen LogP contribution in [-0.4, -0.2) is 309 Å². The number of nitrogens with one attached hydrogen (secondary N) is 5. The number of carboxylic acids is 1. The van der Waals surface area contributed by atoms with Gasteiger partial charge in [-0.2, -0.15) is 31.8 Å². The van der Waals surface area contributed by atoms with Crippen LogP contribution in [0.4, 0.5) is 33.6 Å². The van der Waals surface area contributed by atoms with Crippen molar-refractivity contribution >= 4 is 96.8 Å². The molecule has 0 saturated carbocycles. The predicted molar refractivity (Wildman–Crippen MR) is 469 cm³/mol. The average molecular weight is 1890 g/mol. The second-order valence-electron chi connectivity index (χ2n) is 31.9. The summed E-state index contributed by atoms with van der Waals surface area (Å²) in [6.07, 6.45) is -2.00. The van der Waals surface area contributed by atoms with Crippen LogP contribution < -0.4 is 44.7 Å². The molecule has 718 valence electrons. The summed E-state index contributed by atoms with van der Waals surface area (Å²) in [4.78, 5) is 134. The van der Waals surface area contributed by atoms with Crippen LogP contribution in [0, 0.1) is 18.6 Å². The molecule has 2 unspecified atom stereocenters. The number of benzene rings is 5. The highest BCUT2D eigenvalue weighted by atomic mass is 32.2. The molecule has 0 aliphatic carbocycles. The monoisotopic (exact) mass is 1890 g/mol. The van der Waals surface area contributed by atoms with Crippen LogP contribution in [-0.2, 0) is 66.7 Å². The van der Waals surface area contributed by atoms with E-state index in [-0.39, 0.29) is 129 Å². The number of imide groups is 4. The lowest BCUT2D eigenvalue weighted by Crippen LogP contribution is -2.54. The number of aromatic nitrogens is 8. The van der Waals surface area contributed by atoms with Gasteiger partial charge in [-0.25, -0.2) is 33.5 Å². The molecule has 0 radical (unpaired) electrons. The third kappa shape index (κ3) is 26.6. The van der Waals surface area contributed by atoms with Crippen molar-refractivity contribution in [1.82, 2.24) is 71.0 Å². The number of carboxylic acid groups (broad SMARTS) is 1. The van der Waals surface area contributed by atoms with Gasteiger partial charge in [-0.3, -0.25) is 78.1 Å². The number of hydrogen-bond donors (Lipinski definition) is 6. The Balaban J connectivity index is 0.000000185. The zero-order valence-electron chi connectivity index (χ0n) is 74.4. The molecule has 0 spiro atoms. The Morgan fingerprint density at radius 1 is 0.515 bits per heavy atom. The number of piperidine rings is 2. The molecule has 6 N–H and O–H groups in total. The summed E-state index contributed by atoms with van der Waals surface area (Å²) in [6.45, 7) is 23.8. The van der Waals surface area contributed by atoms with E-state index in [0.717, 1.165) is 83.6 Å². The molecule has 6 aliphatic heterocycles. The number of nitrogens with zero attached hydrogens (tertiary/aromatic N) is 11. The van der Waals surface area contributed by atoms with E-state index in [1.165, 1.54) is 54.9 Å². The fourth-order valence-electron chi connectivity index (χ4n) is 14.8. The highest BCUT2D eigenvalue weighted by Crippen LogP contribution is 2.37. The first-order chi connectivity index (χ1) is 64.2. The summed E-state index contributed by atoms with van der Waals surface area (Å²) >= 11 is 0. The number of halogens is 5. The van der Waals surface area contributed by atoms with Gasteiger partial charge in [0.1, 0.15) is 72.5 Å². The number of aromatic amines is 2. The molecule has 4 saturated heterocycles. The van der Waals surface area contributed by atoms with Gasteiger partial charge in [0, 0.05) is 106 Å². The molecular weight excluding hydrogens is 1790 g/mol. The van der Waals surface area contributed by atoms with Crippen LogP contribution in [0.25, 0.3) is 44.6 Å². The molecule has 9 aromatic rings. The Morgan fingerprint density at radius 2 is 0.933 bits per heavy atom. The minimum absolute atomic E-state index is 0.0516. The second kappa shape index (κ2) is 46.8. The van der Waals surface area contributed by atoms with E-state index in [1.807, 2.05) is 46.8 Å². The number of H-pyrrole nitrogens is 2. The smallest absolute Gasteiger partial charge is 0.490 e. The highest BCUT2D eigenvalue weighted by molar-refractivity contribution is 7.86. The van der Waals surface area contributed by atoms with Crippen LogP contribution in [0.2, 0.25) is 0 Å². The average Bonchev–Trinajstić information content (AvgIpc) is 1.61. The number of aliphatic carboxylic acids is 1. The zero-order chi connectivity index (χ0) is 95.9. The van der Waals surface area contributed by atoms with Gasteiger partial charge < -0.3 is 67.6 Å². The van der Waals surface area contributed by atoms with Gasteiger partial charge in [-0.1, -0.05) is 17.7 Å². The van der Waals surface area contributed by atoms with Gasteiger partial charge in [-0.15, -0.1) is 0 Å². The third-order valence-electron chi connectivity index (χ3n) is 21.4. The topological polar surface area (TPSA) is 471 Å². The molecule has 6 aliphatic rings. The number of carbonyl (C=O) groups excluding carboxylic acids is 8. The number of carbonyl (C=O) groups is 9. The Hall–Kier alpha value is -12.7. The molecule has 8 amide bonds. The Labute approximate surface area is 765 Å². The van der Waals surface area contributed by atoms with Crippen molar-refractivity contribution in [2.45, 2.75) is 122 Å². The molecule has 0 bridgehead atoms. The lowest BCUT2D eigenvalue weighted by Gasteiger charge is -2.40. The van der Waals surface area contributed by atoms with E-state index in [9.17, 15) is 68.7 Å². The minimum Gasteiger partial charge on any atom is -0.491 e. The fraction of sp³-hybridized carbons (Fsp3) is 0.449. The van der Waals surface area contributed by atoms with Crippen LogP contribution in [0.3, 0.4) is 0 Å². The van der Waals surface area contributed by atoms with Crippen LogP contribution in [0.5, 0.6) is 23.0 Å². The maximum atomic E-state index is 14.5. The van der Waals surface area contributed by atoms with E-state index >= 15 is 0 Å². The first kappa shape index (κ1) is 100. The van der Waals surface area contributed by atoms with E-state index in [0.29, 0.717) is 104 Å². The van der Waals surface area contributed by atoms with Crippen molar-refractivity contribution in [3.8, 4) is 45.8 Å². The van der Waals surface area contributed by atoms with Crippen molar-refractivity contribution in [3.05, 3.63) is 149 Å². The van der Waals surface area contributed by atoms with Crippen LogP contribution >= 0.6 is 0 Å². The number of piperazine rings is 2. The van der Waals surface area contributed by atoms with Crippen LogP contribution in [0.1, 0.15) is 114 Å². The number of alkyl halides is 3. The third-order valence-corrected chi connectivity index (χ3v) is 22.7. The molecule has 4 aromatic heterocycles. The fourth-order valence-corrected chi connectivity index (χ4v) is 15.7. The van der Waals surface area contributed by atoms with Gasteiger partial charge >= 0.3 is 12.1 Å². The maximum absolute atomic E-state index is 14.5. The normalized spacial score (nSPS) is 17.6. The van der Waals surface area contributed by atoms with E-state index in [1.54, 1.807) is 42.7 Å². The number of amides is 8. The summed E-state index contributed by atoms with van der Waals surface area (Å²) in [5.74, 6) is -5.31. The summed E-state index contributed by atoms with van der Waals surface area (Å²) < 4.78 is 145. The zero-order valence-corrected chi connectivity index (χ0v) is 75.2. The molecular formula is C89H103F5N16O23S. The number of hydrogen-bond acceptors (Lipinski definition) is 32. The molecule has 39 nitrogen and oxygen atoms in total. The number of anilines is 2. The van der Waals surface area contributed by atoms with Gasteiger partial charge in [0.25, 0.3) is 33.7 Å². The first-order valence-corrected chi connectivity index (χ1v) is 44.6. The van der Waals surface area contributed by atoms with Crippen molar-refractivity contribution in [2.75, 3.05) is 155 Å². The summed E-state index contributed by atoms with van der Waals surface area (Å²) in [5.41, 5.74) is 5.38. The molecule has 10 heterocycles. The quantitative estimate of drug-likeness (QED) is 0.00938. The van der Waals surface area contributed by atoms with E-state index in [2.05, 4.69) is 84.8 Å². The second-order valence-corrected chi connectivity index (χ2v) is 33.5. The Morgan fingerprint density at radius 3 is 1.35 bits per heavy atom. The summed E-state index contributed by atoms with van der Waals surface area (Å²) in [5, 5.41) is 31.0. The van der Waals surface area contributed by atoms with E-state index in [4.69, 9.17) is 61.5 Å². The Kier molecular flexibility index (Phi) is 35.0. The largest absolute Gasteiger partial charge is 0.491 e. The molecule has 5 aromatic carbocycles. The van der Waals surface area contributed by atoms with E-state index < -0.39 is 93.2 Å². The highest BCUT2D eigenvalue weighted by Gasteiger charge is 2.47.